The summed E-state index contributed by atoms with van der Waals surface area (Å²) in [5.74, 6) is -2.33. The van der Waals surface area contributed by atoms with Crippen LogP contribution in [-0.4, -0.2) is 18.0 Å². The third-order valence-electron chi connectivity index (χ3n) is 2.90. The van der Waals surface area contributed by atoms with Gasteiger partial charge in [0.1, 0.15) is 5.82 Å². The predicted octanol–water partition coefficient (Wildman–Crippen LogP) is 4.32. The Morgan fingerprint density at radius 2 is 1.83 bits per heavy atom. The molecule has 4 nitrogen and oxygen atoms in total. The second-order valence-corrected chi connectivity index (χ2v) is 5.54. The lowest BCUT2D eigenvalue weighted by Crippen LogP contribution is -2.30. The molecule has 0 unspecified atom stereocenters. The van der Waals surface area contributed by atoms with E-state index < -0.39 is 23.8 Å². The van der Waals surface area contributed by atoms with E-state index in [2.05, 4.69) is 5.32 Å². The lowest BCUT2D eigenvalue weighted by molar-refractivity contribution is -0.123. The summed E-state index contributed by atoms with van der Waals surface area (Å²) in [5, 5.41) is 3.16. The third-order valence-corrected chi connectivity index (χ3v) is 3.37. The van der Waals surface area contributed by atoms with Crippen LogP contribution in [0.5, 0.6) is 0 Å². The first-order valence-corrected chi connectivity index (χ1v) is 7.35. The standard InChI is InChI=1S/C16H12Cl2FNO3/c1-9(15(21)20-12-4-2-3-10(17)7-12)23-16(22)13-6-5-11(18)8-14(13)19/h2-9H,1H3,(H,20,21)/t9-/m0/s1. The number of anilines is 1. The third kappa shape index (κ3) is 4.68. The van der Waals surface area contributed by atoms with Crippen LogP contribution in [0.2, 0.25) is 10.0 Å². The monoisotopic (exact) mass is 355 g/mol. The quantitative estimate of drug-likeness (QED) is 0.831. The maximum absolute atomic E-state index is 13.6. The van der Waals surface area contributed by atoms with Gasteiger partial charge in [0.2, 0.25) is 0 Å². The fraction of sp³-hybridized carbons (Fsp3) is 0.125. The maximum Gasteiger partial charge on any atom is 0.341 e. The number of esters is 1. The van der Waals surface area contributed by atoms with Crippen molar-refractivity contribution in [1.29, 1.82) is 0 Å². The predicted molar refractivity (Wildman–Crippen MR) is 86.4 cm³/mol. The molecule has 0 aliphatic carbocycles. The molecule has 0 aliphatic rings. The molecule has 2 aromatic rings. The molecule has 0 bridgehead atoms. The SMILES string of the molecule is C[C@H](OC(=O)c1ccc(Cl)cc1F)C(=O)Nc1cccc(Cl)c1. The van der Waals surface area contributed by atoms with Crippen molar-refractivity contribution in [3.63, 3.8) is 0 Å². The molecule has 0 aliphatic heterocycles. The van der Waals surface area contributed by atoms with Crippen molar-refractivity contribution >= 4 is 40.8 Å². The number of amides is 1. The molecule has 0 aromatic heterocycles. The van der Waals surface area contributed by atoms with Gasteiger partial charge in [0.15, 0.2) is 6.10 Å². The molecule has 1 N–H and O–H groups in total. The lowest BCUT2D eigenvalue weighted by atomic mass is 10.2. The molecule has 0 saturated heterocycles. The van der Waals surface area contributed by atoms with Crippen LogP contribution < -0.4 is 5.32 Å². The Labute approximate surface area is 142 Å². The van der Waals surface area contributed by atoms with Crippen molar-refractivity contribution in [2.75, 3.05) is 5.32 Å². The highest BCUT2D eigenvalue weighted by atomic mass is 35.5. The molecule has 2 aromatic carbocycles. The number of carbonyl (C=O) groups is 2. The van der Waals surface area contributed by atoms with Gasteiger partial charge in [-0.1, -0.05) is 29.3 Å². The van der Waals surface area contributed by atoms with Crippen molar-refractivity contribution in [2.45, 2.75) is 13.0 Å². The van der Waals surface area contributed by atoms with Gasteiger partial charge in [-0.25, -0.2) is 9.18 Å². The fourth-order valence-electron chi connectivity index (χ4n) is 1.74. The summed E-state index contributed by atoms with van der Waals surface area (Å²) in [6.45, 7) is 1.38. The van der Waals surface area contributed by atoms with Gasteiger partial charge in [-0.2, -0.15) is 0 Å². The van der Waals surface area contributed by atoms with Crippen LogP contribution in [0.25, 0.3) is 0 Å². The average molecular weight is 356 g/mol. The summed E-state index contributed by atoms with van der Waals surface area (Å²) in [6.07, 6.45) is -1.11. The first kappa shape index (κ1) is 17.2. The minimum atomic E-state index is -1.11. The molecule has 0 fully saturated rings. The Kier molecular flexibility index (Phi) is 5.58. The molecular formula is C16H12Cl2FNO3. The normalized spacial score (nSPS) is 11.7. The summed E-state index contributed by atoms with van der Waals surface area (Å²) < 4.78 is 18.6. The van der Waals surface area contributed by atoms with Crippen LogP contribution in [-0.2, 0) is 9.53 Å². The first-order valence-electron chi connectivity index (χ1n) is 6.59. The van der Waals surface area contributed by atoms with E-state index in [-0.39, 0.29) is 10.6 Å². The Hall–Kier alpha value is -2.11. The summed E-state index contributed by atoms with van der Waals surface area (Å²) in [5.41, 5.74) is 0.167. The second kappa shape index (κ2) is 7.44. The Morgan fingerprint density at radius 3 is 2.48 bits per heavy atom. The van der Waals surface area contributed by atoms with Gasteiger partial charge in [0.25, 0.3) is 5.91 Å². The van der Waals surface area contributed by atoms with Crippen LogP contribution in [0.1, 0.15) is 17.3 Å². The van der Waals surface area contributed by atoms with E-state index in [9.17, 15) is 14.0 Å². The van der Waals surface area contributed by atoms with Crippen molar-refractivity contribution < 1.29 is 18.7 Å². The van der Waals surface area contributed by atoms with E-state index >= 15 is 0 Å². The number of benzene rings is 2. The molecule has 23 heavy (non-hydrogen) atoms. The van der Waals surface area contributed by atoms with Gasteiger partial charge in [-0.05, 0) is 43.3 Å². The molecule has 0 radical (unpaired) electrons. The highest BCUT2D eigenvalue weighted by Crippen LogP contribution is 2.17. The average Bonchev–Trinajstić information content (AvgIpc) is 2.46. The summed E-state index contributed by atoms with van der Waals surface area (Å²) in [6, 6.07) is 10.1. The second-order valence-electron chi connectivity index (χ2n) is 4.67. The number of hydrogen-bond acceptors (Lipinski definition) is 3. The largest absolute Gasteiger partial charge is 0.449 e. The van der Waals surface area contributed by atoms with Crippen LogP contribution in [0.15, 0.2) is 42.5 Å². The van der Waals surface area contributed by atoms with Crippen LogP contribution in [0, 0.1) is 5.82 Å². The highest BCUT2D eigenvalue weighted by Gasteiger charge is 2.21. The van der Waals surface area contributed by atoms with Gasteiger partial charge < -0.3 is 10.1 Å². The van der Waals surface area contributed by atoms with Gasteiger partial charge in [-0.3, -0.25) is 4.79 Å². The number of halogens is 3. The molecule has 0 heterocycles. The topological polar surface area (TPSA) is 55.4 Å². The Morgan fingerprint density at radius 1 is 1.13 bits per heavy atom. The number of nitrogens with one attached hydrogen (secondary N) is 1. The molecule has 7 heteroatoms. The summed E-state index contributed by atoms with van der Waals surface area (Å²) >= 11 is 11.4. The van der Waals surface area contributed by atoms with Gasteiger partial charge in [0, 0.05) is 15.7 Å². The van der Waals surface area contributed by atoms with E-state index in [4.69, 9.17) is 27.9 Å². The van der Waals surface area contributed by atoms with Gasteiger partial charge >= 0.3 is 5.97 Å². The van der Waals surface area contributed by atoms with E-state index in [1.54, 1.807) is 24.3 Å². The molecule has 2 rings (SSSR count). The van der Waals surface area contributed by atoms with Crippen LogP contribution >= 0.6 is 23.2 Å². The minimum Gasteiger partial charge on any atom is -0.449 e. The molecule has 120 valence electrons. The summed E-state index contributed by atoms with van der Waals surface area (Å²) in [7, 11) is 0. The van der Waals surface area contributed by atoms with E-state index in [1.165, 1.54) is 19.1 Å². The molecule has 1 amide bonds. The van der Waals surface area contributed by atoms with Gasteiger partial charge in [0.05, 0.1) is 5.56 Å². The van der Waals surface area contributed by atoms with Crippen molar-refractivity contribution in [3.8, 4) is 0 Å². The minimum absolute atomic E-state index is 0.158. The summed E-state index contributed by atoms with van der Waals surface area (Å²) in [4.78, 5) is 23.9. The number of rotatable bonds is 4. The number of carbonyl (C=O) groups excluding carboxylic acids is 2. The molecule has 0 saturated carbocycles. The van der Waals surface area contributed by atoms with Crippen LogP contribution in [0.4, 0.5) is 10.1 Å². The van der Waals surface area contributed by atoms with Crippen LogP contribution in [0.3, 0.4) is 0 Å². The van der Waals surface area contributed by atoms with Crippen molar-refractivity contribution in [1.82, 2.24) is 0 Å². The zero-order valence-electron chi connectivity index (χ0n) is 12.0. The molecular weight excluding hydrogens is 344 g/mol. The zero-order valence-corrected chi connectivity index (χ0v) is 13.5. The first-order chi connectivity index (χ1) is 10.9. The fourth-order valence-corrected chi connectivity index (χ4v) is 2.09. The highest BCUT2D eigenvalue weighted by molar-refractivity contribution is 6.31. The Bertz CT molecular complexity index is 752. The molecule has 1 atom stereocenters. The van der Waals surface area contributed by atoms with Crippen molar-refractivity contribution in [3.05, 3.63) is 63.9 Å². The Balaban J connectivity index is 2.01. The number of hydrogen-bond donors (Lipinski definition) is 1. The lowest BCUT2D eigenvalue weighted by Gasteiger charge is -2.14. The molecule has 0 spiro atoms. The van der Waals surface area contributed by atoms with Gasteiger partial charge in [-0.15, -0.1) is 0 Å². The maximum atomic E-state index is 13.6. The van der Waals surface area contributed by atoms with E-state index in [0.717, 1.165) is 6.07 Å². The number of ether oxygens (including phenoxy) is 1. The van der Waals surface area contributed by atoms with E-state index in [0.29, 0.717) is 10.7 Å². The van der Waals surface area contributed by atoms with E-state index in [1.807, 2.05) is 0 Å². The smallest absolute Gasteiger partial charge is 0.341 e. The zero-order chi connectivity index (χ0) is 17.0. The van der Waals surface area contributed by atoms with Crippen molar-refractivity contribution in [2.24, 2.45) is 0 Å².